The first-order valence-electron chi connectivity index (χ1n) is 6.83. The Morgan fingerprint density at radius 3 is 3.05 bits per heavy atom. The van der Waals surface area contributed by atoms with Crippen molar-refractivity contribution in [2.75, 3.05) is 26.3 Å². The fourth-order valence-electron chi connectivity index (χ4n) is 2.61. The number of benzene rings is 1. The van der Waals surface area contributed by atoms with Gasteiger partial charge in [-0.2, -0.15) is 4.31 Å². The number of aromatic amines is 1. The first-order chi connectivity index (χ1) is 10.00. The second-order valence-electron chi connectivity index (χ2n) is 5.36. The summed E-state index contributed by atoms with van der Waals surface area (Å²) >= 11 is 0. The molecule has 2 heterocycles. The monoisotopic (exact) mass is 312 g/mol. The second kappa shape index (κ2) is 5.40. The molecule has 5 nitrogen and oxygen atoms in total. The van der Waals surface area contributed by atoms with Gasteiger partial charge in [-0.15, -0.1) is 0 Å². The van der Waals surface area contributed by atoms with Crippen molar-refractivity contribution in [1.29, 1.82) is 0 Å². The van der Waals surface area contributed by atoms with Gasteiger partial charge in [-0.05, 0) is 18.1 Å². The number of ether oxygens (including phenoxy) is 1. The van der Waals surface area contributed by atoms with Crippen LogP contribution in [0.1, 0.15) is 6.92 Å². The lowest BCUT2D eigenvalue weighted by Gasteiger charge is -2.21. The van der Waals surface area contributed by atoms with Crippen molar-refractivity contribution in [2.45, 2.75) is 11.8 Å². The zero-order valence-corrected chi connectivity index (χ0v) is 12.5. The third-order valence-corrected chi connectivity index (χ3v) is 5.53. The van der Waals surface area contributed by atoms with Gasteiger partial charge in [0.05, 0.1) is 18.6 Å². The molecule has 1 N–H and O–H groups in total. The molecule has 0 bridgehead atoms. The van der Waals surface area contributed by atoms with E-state index in [0.29, 0.717) is 25.3 Å². The lowest BCUT2D eigenvalue weighted by molar-refractivity contribution is 0.128. The molecule has 1 unspecified atom stereocenters. The molecule has 1 aromatic carbocycles. The molecule has 1 fully saturated rings. The smallest absolute Gasteiger partial charge is 0.245 e. The number of rotatable bonds is 2. The first kappa shape index (κ1) is 14.5. The van der Waals surface area contributed by atoms with Crippen LogP contribution in [0, 0.1) is 11.7 Å². The minimum atomic E-state index is -3.74. The molecule has 21 heavy (non-hydrogen) atoms. The molecule has 1 aromatic heterocycles. The number of hydrogen-bond acceptors (Lipinski definition) is 3. The van der Waals surface area contributed by atoms with Crippen molar-refractivity contribution in [3.8, 4) is 0 Å². The van der Waals surface area contributed by atoms with Crippen LogP contribution in [0.4, 0.5) is 4.39 Å². The average Bonchev–Trinajstić information content (AvgIpc) is 2.76. The molecule has 0 saturated carbocycles. The molecular formula is C14H17FN2O3S. The molecule has 1 aliphatic heterocycles. The molecule has 0 amide bonds. The molecule has 1 saturated heterocycles. The van der Waals surface area contributed by atoms with Gasteiger partial charge in [-0.3, -0.25) is 0 Å². The molecule has 0 aliphatic carbocycles. The fourth-order valence-corrected chi connectivity index (χ4v) is 4.33. The van der Waals surface area contributed by atoms with E-state index < -0.39 is 15.8 Å². The third-order valence-electron chi connectivity index (χ3n) is 3.64. The van der Waals surface area contributed by atoms with Crippen LogP contribution in [-0.4, -0.2) is 44.0 Å². The molecule has 7 heteroatoms. The van der Waals surface area contributed by atoms with Crippen LogP contribution in [0.3, 0.4) is 0 Å². The van der Waals surface area contributed by atoms with Gasteiger partial charge in [0, 0.05) is 24.8 Å². The lowest BCUT2D eigenvalue weighted by atomic mass is 10.2. The number of H-pyrrole nitrogens is 1. The van der Waals surface area contributed by atoms with Crippen LogP contribution in [0.2, 0.25) is 0 Å². The Kier molecular flexibility index (Phi) is 3.73. The van der Waals surface area contributed by atoms with Gasteiger partial charge in [0.1, 0.15) is 10.7 Å². The highest BCUT2D eigenvalue weighted by Gasteiger charge is 2.30. The van der Waals surface area contributed by atoms with E-state index in [1.165, 1.54) is 16.6 Å². The van der Waals surface area contributed by atoms with Crippen LogP contribution < -0.4 is 0 Å². The summed E-state index contributed by atoms with van der Waals surface area (Å²) in [5.74, 6) is -0.427. The Morgan fingerprint density at radius 2 is 2.24 bits per heavy atom. The summed E-state index contributed by atoms with van der Waals surface area (Å²) in [5.41, 5.74) is 0.479. The number of nitrogens with zero attached hydrogens (tertiary/aromatic N) is 1. The lowest BCUT2D eigenvalue weighted by Crippen LogP contribution is -2.35. The minimum absolute atomic E-state index is 0.00954. The van der Waals surface area contributed by atoms with Crippen molar-refractivity contribution < 1.29 is 17.5 Å². The summed E-state index contributed by atoms with van der Waals surface area (Å²) in [6, 6.07) is 4.47. The standard InChI is InChI=1S/C14H17FN2O3S/c1-10-8-17(5-6-20-9-10)21(18,19)13-7-16-12-4-2-3-11(15)14(12)13/h2-4,7,10,16H,5-6,8-9H2,1H3. The molecule has 0 spiro atoms. The van der Waals surface area contributed by atoms with Crippen LogP contribution in [0.5, 0.6) is 0 Å². The Morgan fingerprint density at radius 1 is 1.43 bits per heavy atom. The zero-order chi connectivity index (χ0) is 15.0. The van der Waals surface area contributed by atoms with Crippen molar-refractivity contribution in [2.24, 2.45) is 5.92 Å². The van der Waals surface area contributed by atoms with E-state index in [1.54, 1.807) is 12.1 Å². The SMILES string of the molecule is CC1COCCN(S(=O)(=O)c2c[nH]c3cccc(F)c23)C1. The van der Waals surface area contributed by atoms with E-state index in [2.05, 4.69) is 4.98 Å². The predicted octanol–water partition coefficient (Wildman–Crippen LogP) is 1.96. The van der Waals surface area contributed by atoms with Gasteiger partial charge in [-0.1, -0.05) is 13.0 Å². The predicted molar refractivity (Wildman–Crippen MR) is 77.0 cm³/mol. The highest BCUT2D eigenvalue weighted by molar-refractivity contribution is 7.89. The van der Waals surface area contributed by atoms with Gasteiger partial charge in [0.15, 0.2) is 0 Å². The zero-order valence-electron chi connectivity index (χ0n) is 11.7. The molecule has 114 valence electrons. The van der Waals surface area contributed by atoms with Gasteiger partial charge < -0.3 is 9.72 Å². The van der Waals surface area contributed by atoms with E-state index in [0.717, 1.165) is 0 Å². The summed E-state index contributed by atoms with van der Waals surface area (Å²) in [4.78, 5) is 2.81. The summed E-state index contributed by atoms with van der Waals surface area (Å²) < 4.78 is 46.3. The summed E-state index contributed by atoms with van der Waals surface area (Å²) in [7, 11) is -3.74. The number of aromatic nitrogens is 1. The summed E-state index contributed by atoms with van der Waals surface area (Å²) in [6.07, 6.45) is 1.36. The van der Waals surface area contributed by atoms with E-state index in [-0.39, 0.29) is 22.7 Å². The van der Waals surface area contributed by atoms with Crippen molar-refractivity contribution >= 4 is 20.9 Å². The summed E-state index contributed by atoms with van der Waals surface area (Å²) in [6.45, 7) is 3.49. The van der Waals surface area contributed by atoms with Crippen molar-refractivity contribution in [3.63, 3.8) is 0 Å². The highest BCUT2D eigenvalue weighted by Crippen LogP contribution is 2.28. The van der Waals surface area contributed by atoms with Crippen molar-refractivity contribution in [3.05, 3.63) is 30.2 Å². The first-order valence-corrected chi connectivity index (χ1v) is 8.27. The van der Waals surface area contributed by atoms with Crippen molar-refractivity contribution in [1.82, 2.24) is 9.29 Å². The number of sulfonamides is 1. The Balaban J connectivity index is 2.08. The molecule has 2 aromatic rings. The van der Waals surface area contributed by atoms with E-state index in [1.807, 2.05) is 6.92 Å². The third kappa shape index (κ3) is 2.56. The van der Waals surface area contributed by atoms with Gasteiger partial charge in [0.2, 0.25) is 10.0 Å². The quantitative estimate of drug-likeness (QED) is 0.922. The Labute approximate surface area is 122 Å². The average molecular weight is 312 g/mol. The molecule has 1 atom stereocenters. The van der Waals surface area contributed by atoms with Gasteiger partial charge >= 0.3 is 0 Å². The fraction of sp³-hybridized carbons (Fsp3) is 0.429. The molecular weight excluding hydrogens is 295 g/mol. The van der Waals surface area contributed by atoms with Crippen LogP contribution in [-0.2, 0) is 14.8 Å². The van der Waals surface area contributed by atoms with Crippen LogP contribution >= 0.6 is 0 Å². The van der Waals surface area contributed by atoms with Crippen LogP contribution in [0.15, 0.2) is 29.3 Å². The topological polar surface area (TPSA) is 62.4 Å². The number of halogens is 1. The maximum Gasteiger partial charge on any atom is 0.245 e. The highest BCUT2D eigenvalue weighted by atomic mass is 32.2. The molecule has 0 radical (unpaired) electrons. The maximum atomic E-state index is 14.0. The number of fused-ring (bicyclic) bond motifs is 1. The van der Waals surface area contributed by atoms with Gasteiger partial charge in [-0.25, -0.2) is 12.8 Å². The van der Waals surface area contributed by atoms with Gasteiger partial charge in [0.25, 0.3) is 0 Å². The van der Waals surface area contributed by atoms with Crippen LogP contribution in [0.25, 0.3) is 10.9 Å². The normalized spacial score (nSPS) is 21.5. The second-order valence-corrected chi connectivity index (χ2v) is 7.26. The van der Waals surface area contributed by atoms with E-state index in [9.17, 15) is 12.8 Å². The Hall–Kier alpha value is -1.44. The maximum absolute atomic E-state index is 14.0. The minimum Gasteiger partial charge on any atom is -0.380 e. The summed E-state index contributed by atoms with van der Waals surface area (Å²) in [5, 5.41) is 0.121. The largest absolute Gasteiger partial charge is 0.380 e. The Bertz CT molecular complexity index is 757. The molecule has 1 aliphatic rings. The molecule has 3 rings (SSSR count). The number of hydrogen-bond donors (Lipinski definition) is 1. The van der Waals surface area contributed by atoms with E-state index >= 15 is 0 Å². The van der Waals surface area contributed by atoms with E-state index in [4.69, 9.17) is 4.74 Å². The number of nitrogens with one attached hydrogen (secondary N) is 1.